The second-order valence-corrected chi connectivity index (χ2v) is 3.96. The molecule has 80 valence electrons. The van der Waals surface area contributed by atoms with Crippen LogP contribution in [0.5, 0.6) is 0 Å². The van der Waals surface area contributed by atoms with Crippen LogP contribution in [-0.4, -0.2) is 30.0 Å². The SMILES string of the molecule is O=C(NC1CCNC1)c1ccc(Cl)cn1. The van der Waals surface area contributed by atoms with Crippen molar-refractivity contribution in [2.24, 2.45) is 0 Å². The summed E-state index contributed by atoms with van der Waals surface area (Å²) in [5, 5.41) is 6.63. The van der Waals surface area contributed by atoms with Crippen LogP contribution in [0.1, 0.15) is 16.9 Å². The lowest BCUT2D eigenvalue weighted by Gasteiger charge is -2.10. The fraction of sp³-hybridized carbons (Fsp3) is 0.400. The molecule has 1 fully saturated rings. The maximum Gasteiger partial charge on any atom is 0.270 e. The Hall–Kier alpha value is -1.13. The van der Waals surface area contributed by atoms with Crippen LogP contribution in [-0.2, 0) is 0 Å². The van der Waals surface area contributed by atoms with Crippen molar-refractivity contribution < 1.29 is 4.79 Å². The number of hydrogen-bond donors (Lipinski definition) is 2. The Labute approximate surface area is 93.0 Å². The number of hydrogen-bond acceptors (Lipinski definition) is 3. The number of nitrogens with one attached hydrogen (secondary N) is 2. The topological polar surface area (TPSA) is 54.0 Å². The monoisotopic (exact) mass is 225 g/mol. The zero-order valence-corrected chi connectivity index (χ0v) is 8.92. The van der Waals surface area contributed by atoms with Crippen molar-refractivity contribution in [2.45, 2.75) is 12.5 Å². The van der Waals surface area contributed by atoms with Gasteiger partial charge in [0.1, 0.15) is 5.69 Å². The molecule has 2 rings (SSSR count). The minimum absolute atomic E-state index is 0.139. The van der Waals surface area contributed by atoms with Crippen LogP contribution in [0.15, 0.2) is 18.3 Å². The molecule has 1 aliphatic rings. The van der Waals surface area contributed by atoms with Crippen LogP contribution in [0.2, 0.25) is 5.02 Å². The van der Waals surface area contributed by atoms with Crippen molar-refractivity contribution in [3.05, 3.63) is 29.0 Å². The summed E-state index contributed by atoms with van der Waals surface area (Å²) in [5.74, 6) is -0.139. The van der Waals surface area contributed by atoms with Gasteiger partial charge in [0.15, 0.2) is 0 Å². The van der Waals surface area contributed by atoms with E-state index in [1.54, 1.807) is 12.1 Å². The molecule has 0 bridgehead atoms. The van der Waals surface area contributed by atoms with Gasteiger partial charge >= 0.3 is 0 Å². The van der Waals surface area contributed by atoms with E-state index in [9.17, 15) is 4.79 Å². The Balaban J connectivity index is 1.98. The molecule has 1 aliphatic heterocycles. The predicted molar refractivity (Wildman–Crippen MR) is 58.0 cm³/mol. The average Bonchev–Trinajstić information content (AvgIpc) is 2.71. The summed E-state index contributed by atoms with van der Waals surface area (Å²) in [7, 11) is 0. The molecule has 0 radical (unpaired) electrons. The molecule has 1 unspecified atom stereocenters. The normalized spacial score (nSPS) is 20.2. The molecule has 2 N–H and O–H groups in total. The molecule has 1 saturated heterocycles. The average molecular weight is 226 g/mol. The second kappa shape index (κ2) is 4.59. The van der Waals surface area contributed by atoms with Gasteiger partial charge in [0.25, 0.3) is 5.91 Å². The maximum absolute atomic E-state index is 11.7. The Morgan fingerprint density at radius 3 is 3.07 bits per heavy atom. The predicted octanol–water partition coefficient (Wildman–Crippen LogP) is 0.827. The molecule has 1 aromatic heterocycles. The third kappa shape index (κ3) is 2.67. The molecule has 1 atom stereocenters. The van der Waals surface area contributed by atoms with Crippen LogP contribution >= 0.6 is 11.6 Å². The van der Waals surface area contributed by atoms with Crippen LogP contribution < -0.4 is 10.6 Å². The summed E-state index contributed by atoms with van der Waals surface area (Å²) in [6, 6.07) is 3.51. The first-order valence-corrected chi connectivity index (χ1v) is 5.26. The fourth-order valence-electron chi connectivity index (χ4n) is 1.55. The number of amides is 1. The molecule has 15 heavy (non-hydrogen) atoms. The van der Waals surface area contributed by atoms with E-state index in [0.29, 0.717) is 10.7 Å². The largest absolute Gasteiger partial charge is 0.347 e. The van der Waals surface area contributed by atoms with Crippen molar-refractivity contribution in [3.8, 4) is 0 Å². The molecule has 0 spiro atoms. The van der Waals surface area contributed by atoms with Gasteiger partial charge in [-0.25, -0.2) is 4.98 Å². The second-order valence-electron chi connectivity index (χ2n) is 3.52. The standard InChI is InChI=1S/C10H12ClN3O/c11-7-1-2-9(13-5-7)10(15)14-8-3-4-12-6-8/h1-2,5,8,12H,3-4,6H2,(H,14,15). The number of halogens is 1. The highest BCUT2D eigenvalue weighted by Gasteiger charge is 2.17. The summed E-state index contributed by atoms with van der Waals surface area (Å²) < 4.78 is 0. The third-order valence-corrected chi connectivity index (χ3v) is 2.58. The van der Waals surface area contributed by atoms with Gasteiger partial charge in [-0.05, 0) is 25.1 Å². The van der Waals surface area contributed by atoms with Crippen LogP contribution in [0, 0.1) is 0 Å². The van der Waals surface area contributed by atoms with Crippen LogP contribution in [0.25, 0.3) is 0 Å². The lowest BCUT2D eigenvalue weighted by molar-refractivity contribution is 0.0935. The molecular formula is C10H12ClN3O. The number of carbonyl (C=O) groups excluding carboxylic acids is 1. The quantitative estimate of drug-likeness (QED) is 0.784. The molecule has 2 heterocycles. The van der Waals surface area contributed by atoms with E-state index in [-0.39, 0.29) is 11.9 Å². The Kier molecular flexibility index (Phi) is 3.18. The molecule has 0 aromatic carbocycles. The van der Waals surface area contributed by atoms with Gasteiger partial charge in [0.05, 0.1) is 5.02 Å². The van der Waals surface area contributed by atoms with E-state index in [2.05, 4.69) is 15.6 Å². The lowest BCUT2D eigenvalue weighted by atomic mass is 10.2. The van der Waals surface area contributed by atoms with Crippen LogP contribution in [0.4, 0.5) is 0 Å². The molecule has 5 heteroatoms. The Bertz CT molecular complexity index is 346. The van der Waals surface area contributed by atoms with E-state index < -0.39 is 0 Å². The van der Waals surface area contributed by atoms with Gasteiger partial charge in [0.2, 0.25) is 0 Å². The van der Waals surface area contributed by atoms with E-state index in [1.807, 2.05) is 0 Å². The number of nitrogens with zero attached hydrogens (tertiary/aromatic N) is 1. The van der Waals surface area contributed by atoms with Crippen molar-refractivity contribution in [1.82, 2.24) is 15.6 Å². The lowest BCUT2D eigenvalue weighted by Crippen LogP contribution is -2.36. The minimum Gasteiger partial charge on any atom is -0.347 e. The first-order valence-electron chi connectivity index (χ1n) is 4.89. The summed E-state index contributed by atoms with van der Waals surface area (Å²) in [5.41, 5.74) is 0.409. The fourth-order valence-corrected chi connectivity index (χ4v) is 1.66. The molecule has 1 amide bonds. The Morgan fingerprint density at radius 1 is 1.60 bits per heavy atom. The zero-order valence-electron chi connectivity index (χ0n) is 8.16. The Morgan fingerprint density at radius 2 is 2.47 bits per heavy atom. The van der Waals surface area contributed by atoms with E-state index in [4.69, 9.17) is 11.6 Å². The van der Waals surface area contributed by atoms with Gasteiger partial charge in [0, 0.05) is 18.8 Å². The van der Waals surface area contributed by atoms with E-state index >= 15 is 0 Å². The highest BCUT2D eigenvalue weighted by molar-refractivity contribution is 6.30. The highest BCUT2D eigenvalue weighted by atomic mass is 35.5. The number of carbonyl (C=O) groups is 1. The van der Waals surface area contributed by atoms with Gasteiger partial charge in [-0.3, -0.25) is 4.79 Å². The smallest absolute Gasteiger partial charge is 0.270 e. The summed E-state index contributed by atoms with van der Waals surface area (Å²) in [4.78, 5) is 15.6. The molecular weight excluding hydrogens is 214 g/mol. The molecule has 0 aliphatic carbocycles. The van der Waals surface area contributed by atoms with Gasteiger partial charge in [-0.15, -0.1) is 0 Å². The highest BCUT2D eigenvalue weighted by Crippen LogP contribution is 2.06. The van der Waals surface area contributed by atoms with Crippen molar-refractivity contribution in [1.29, 1.82) is 0 Å². The summed E-state index contributed by atoms with van der Waals surface area (Å²) >= 11 is 5.68. The minimum atomic E-state index is -0.139. The van der Waals surface area contributed by atoms with E-state index in [0.717, 1.165) is 19.5 Å². The zero-order chi connectivity index (χ0) is 10.7. The van der Waals surface area contributed by atoms with E-state index in [1.165, 1.54) is 6.20 Å². The molecule has 0 saturated carbocycles. The molecule has 1 aromatic rings. The molecule has 4 nitrogen and oxygen atoms in total. The maximum atomic E-state index is 11.7. The number of rotatable bonds is 2. The first-order chi connectivity index (χ1) is 7.25. The summed E-state index contributed by atoms with van der Waals surface area (Å²) in [6.07, 6.45) is 2.45. The van der Waals surface area contributed by atoms with Crippen molar-refractivity contribution in [3.63, 3.8) is 0 Å². The number of pyridine rings is 1. The van der Waals surface area contributed by atoms with Crippen molar-refractivity contribution >= 4 is 17.5 Å². The third-order valence-electron chi connectivity index (χ3n) is 2.36. The number of aromatic nitrogens is 1. The van der Waals surface area contributed by atoms with Crippen LogP contribution in [0.3, 0.4) is 0 Å². The van der Waals surface area contributed by atoms with Gasteiger partial charge < -0.3 is 10.6 Å². The van der Waals surface area contributed by atoms with Gasteiger partial charge in [-0.2, -0.15) is 0 Å². The summed E-state index contributed by atoms with van der Waals surface area (Å²) in [6.45, 7) is 1.79. The van der Waals surface area contributed by atoms with Crippen molar-refractivity contribution in [2.75, 3.05) is 13.1 Å². The first kappa shape index (κ1) is 10.4. The van der Waals surface area contributed by atoms with Gasteiger partial charge in [-0.1, -0.05) is 11.6 Å².